The summed E-state index contributed by atoms with van der Waals surface area (Å²) in [6.45, 7) is 3.92. The van der Waals surface area contributed by atoms with E-state index in [1.807, 2.05) is 18.2 Å². The van der Waals surface area contributed by atoms with Gasteiger partial charge in [0.15, 0.2) is 0 Å². The number of aliphatic hydroxyl groups is 1. The Kier molecular flexibility index (Phi) is 4.13. The maximum Gasteiger partial charge on any atom is 0.233 e. The highest BCUT2D eigenvalue weighted by molar-refractivity contribution is 5.91. The van der Waals surface area contributed by atoms with E-state index in [0.29, 0.717) is 11.8 Å². The molecule has 1 aromatic rings. The fraction of sp³-hybridized carbons (Fsp3) is 0.650. The summed E-state index contributed by atoms with van der Waals surface area (Å²) in [4.78, 5) is 15.3. The van der Waals surface area contributed by atoms with Gasteiger partial charge in [0.05, 0.1) is 5.41 Å². The van der Waals surface area contributed by atoms with Crippen molar-refractivity contribution in [2.75, 3.05) is 32.8 Å². The fourth-order valence-corrected chi connectivity index (χ4v) is 4.92. The van der Waals surface area contributed by atoms with Crippen LogP contribution >= 0.6 is 0 Å². The van der Waals surface area contributed by atoms with E-state index in [4.69, 9.17) is 0 Å². The topological polar surface area (TPSA) is 52.6 Å². The standard InChI is InChI=1S/C20H28N2O2/c23-15-17-14-21-11-8-19(17)9-12-22(13-10-19)18(24)20(6-7-20)16-4-2-1-3-5-16/h1-5,17,21,23H,6-15H2/t17-/m1/s1. The average Bonchev–Trinajstić information content (AvgIpc) is 3.45. The van der Waals surface area contributed by atoms with E-state index >= 15 is 0 Å². The summed E-state index contributed by atoms with van der Waals surface area (Å²) in [6.07, 6.45) is 5.18. The number of likely N-dealkylation sites (tertiary alicyclic amines) is 1. The quantitative estimate of drug-likeness (QED) is 0.891. The van der Waals surface area contributed by atoms with E-state index in [0.717, 1.165) is 58.3 Å². The Balaban J connectivity index is 1.45. The summed E-state index contributed by atoms with van der Waals surface area (Å²) in [7, 11) is 0. The largest absolute Gasteiger partial charge is 0.396 e. The predicted octanol–water partition coefficient (Wildman–Crippen LogP) is 1.93. The molecule has 1 aliphatic carbocycles. The van der Waals surface area contributed by atoms with Crippen molar-refractivity contribution in [3.63, 3.8) is 0 Å². The first-order valence-corrected chi connectivity index (χ1v) is 9.37. The zero-order valence-electron chi connectivity index (χ0n) is 14.3. The molecule has 1 saturated carbocycles. The second-order valence-corrected chi connectivity index (χ2v) is 7.94. The summed E-state index contributed by atoms with van der Waals surface area (Å²) in [5.41, 5.74) is 1.18. The maximum absolute atomic E-state index is 13.2. The van der Waals surface area contributed by atoms with Gasteiger partial charge in [-0.3, -0.25) is 4.79 Å². The molecule has 2 heterocycles. The van der Waals surface area contributed by atoms with Crippen molar-refractivity contribution >= 4 is 5.91 Å². The number of hydrogen-bond donors (Lipinski definition) is 2. The molecular formula is C20H28N2O2. The third kappa shape index (κ3) is 2.56. The highest BCUT2D eigenvalue weighted by Gasteiger charge is 2.54. The molecule has 4 nitrogen and oxygen atoms in total. The molecule has 1 amide bonds. The highest BCUT2D eigenvalue weighted by Crippen LogP contribution is 2.51. The van der Waals surface area contributed by atoms with Crippen LogP contribution in [0.25, 0.3) is 0 Å². The molecule has 1 spiro atoms. The van der Waals surface area contributed by atoms with E-state index in [-0.39, 0.29) is 17.4 Å². The van der Waals surface area contributed by atoms with Crippen LogP contribution in [0.15, 0.2) is 30.3 Å². The average molecular weight is 328 g/mol. The van der Waals surface area contributed by atoms with Crippen LogP contribution in [0, 0.1) is 11.3 Å². The first-order valence-electron chi connectivity index (χ1n) is 9.37. The van der Waals surface area contributed by atoms with Crippen LogP contribution in [0.4, 0.5) is 0 Å². The first kappa shape index (κ1) is 16.1. The van der Waals surface area contributed by atoms with Gasteiger partial charge >= 0.3 is 0 Å². The lowest BCUT2D eigenvalue weighted by atomic mass is 9.65. The molecule has 0 radical (unpaired) electrons. The Hall–Kier alpha value is -1.39. The molecule has 0 unspecified atom stereocenters. The number of aliphatic hydroxyl groups excluding tert-OH is 1. The minimum Gasteiger partial charge on any atom is -0.396 e. The summed E-state index contributed by atoms with van der Waals surface area (Å²) in [5.74, 6) is 0.672. The molecule has 4 rings (SSSR count). The molecule has 1 aromatic carbocycles. The van der Waals surface area contributed by atoms with Gasteiger partial charge in [-0.25, -0.2) is 0 Å². The van der Waals surface area contributed by atoms with E-state index in [9.17, 15) is 9.90 Å². The van der Waals surface area contributed by atoms with Crippen LogP contribution in [0.3, 0.4) is 0 Å². The lowest BCUT2D eigenvalue weighted by Gasteiger charge is -2.49. The summed E-state index contributed by atoms with van der Waals surface area (Å²) in [6, 6.07) is 10.3. The molecule has 0 aromatic heterocycles. The number of piperidine rings is 2. The fourth-order valence-electron chi connectivity index (χ4n) is 4.92. The molecular weight excluding hydrogens is 300 g/mol. The summed E-state index contributed by atoms with van der Waals surface area (Å²) in [5, 5.41) is 13.2. The van der Waals surface area contributed by atoms with Gasteiger partial charge in [-0.15, -0.1) is 0 Å². The Bertz CT molecular complexity index is 589. The Labute approximate surface area is 144 Å². The number of carbonyl (C=O) groups excluding carboxylic acids is 1. The monoisotopic (exact) mass is 328 g/mol. The Morgan fingerprint density at radius 1 is 1.12 bits per heavy atom. The van der Waals surface area contributed by atoms with Gasteiger partial charge in [0, 0.05) is 32.2 Å². The maximum atomic E-state index is 13.2. The summed E-state index contributed by atoms with van der Waals surface area (Å²) < 4.78 is 0. The van der Waals surface area contributed by atoms with Crippen molar-refractivity contribution in [2.45, 2.75) is 37.5 Å². The van der Waals surface area contributed by atoms with Crippen molar-refractivity contribution in [1.29, 1.82) is 0 Å². The molecule has 3 aliphatic rings. The summed E-state index contributed by atoms with van der Waals surface area (Å²) >= 11 is 0. The molecule has 2 aliphatic heterocycles. The molecule has 3 fully saturated rings. The van der Waals surface area contributed by atoms with Crippen molar-refractivity contribution < 1.29 is 9.90 Å². The van der Waals surface area contributed by atoms with E-state index < -0.39 is 0 Å². The number of hydrogen-bond acceptors (Lipinski definition) is 3. The van der Waals surface area contributed by atoms with Gasteiger partial charge in [0.25, 0.3) is 0 Å². The van der Waals surface area contributed by atoms with Crippen LogP contribution < -0.4 is 5.32 Å². The van der Waals surface area contributed by atoms with Gasteiger partial charge < -0.3 is 15.3 Å². The number of amides is 1. The predicted molar refractivity (Wildman–Crippen MR) is 93.7 cm³/mol. The van der Waals surface area contributed by atoms with Gasteiger partial charge in [0.2, 0.25) is 5.91 Å². The number of nitrogens with one attached hydrogen (secondary N) is 1. The SMILES string of the molecule is O=C(N1CCC2(CCNC[C@@H]2CO)CC1)C1(c2ccccc2)CC1. The zero-order chi connectivity index (χ0) is 16.6. The van der Waals surface area contributed by atoms with Gasteiger partial charge in [0.1, 0.15) is 0 Å². The Morgan fingerprint density at radius 2 is 1.83 bits per heavy atom. The second-order valence-electron chi connectivity index (χ2n) is 7.94. The molecule has 1 atom stereocenters. The van der Waals surface area contributed by atoms with Crippen LogP contribution in [0.1, 0.15) is 37.7 Å². The number of rotatable bonds is 3. The van der Waals surface area contributed by atoms with Gasteiger partial charge in [-0.1, -0.05) is 30.3 Å². The molecule has 24 heavy (non-hydrogen) atoms. The lowest BCUT2D eigenvalue weighted by Crippen LogP contribution is -2.54. The number of carbonyl (C=O) groups is 1. The zero-order valence-corrected chi connectivity index (χ0v) is 14.3. The first-order chi connectivity index (χ1) is 11.7. The smallest absolute Gasteiger partial charge is 0.233 e. The highest BCUT2D eigenvalue weighted by atomic mass is 16.3. The normalized spacial score (nSPS) is 27.9. The van der Waals surface area contributed by atoms with E-state index in [1.165, 1.54) is 5.56 Å². The van der Waals surface area contributed by atoms with Crippen molar-refractivity contribution in [2.24, 2.45) is 11.3 Å². The van der Waals surface area contributed by atoms with Crippen LogP contribution in [0.5, 0.6) is 0 Å². The van der Waals surface area contributed by atoms with Crippen molar-refractivity contribution in [3.05, 3.63) is 35.9 Å². The third-order valence-corrected chi connectivity index (χ3v) is 6.81. The lowest BCUT2D eigenvalue weighted by molar-refractivity contribution is -0.137. The third-order valence-electron chi connectivity index (χ3n) is 6.81. The molecule has 130 valence electrons. The van der Waals surface area contributed by atoms with E-state index in [1.54, 1.807) is 0 Å². The minimum absolute atomic E-state index is 0.236. The number of benzene rings is 1. The Morgan fingerprint density at radius 3 is 2.46 bits per heavy atom. The van der Waals surface area contributed by atoms with Gasteiger partial charge in [-0.05, 0) is 49.6 Å². The minimum atomic E-state index is -0.240. The van der Waals surface area contributed by atoms with Crippen molar-refractivity contribution in [3.8, 4) is 0 Å². The van der Waals surface area contributed by atoms with E-state index in [2.05, 4.69) is 22.3 Å². The molecule has 2 N–H and O–H groups in total. The van der Waals surface area contributed by atoms with Crippen LogP contribution in [0.2, 0.25) is 0 Å². The molecule has 0 bridgehead atoms. The second kappa shape index (κ2) is 6.16. The van der Waals surface area contributed by atoms with Crippen molar-refractivity contribution in [1.82, 2.24) is 10.2 Å². The number of nitrogens with zero attached hydrogens (tertiary/aromatic N) is 1. The van der Waals surface area contributed by atoms with Crippen LogP contribution in [-0.4, -0.2) is 48.7 Å². The molecule has 2 saturated heterocycles. The molecule has 4 heteroatoms. The van der Waals surface area contributed by atoms with Gasteiger partial charge in [-0.2, -0.15) is 0 Å². The van der Waals surface area contributed by atoms with Crippen LogP contribution in [-0.2, 0) is 10.2 Å².